The Kier molecular flexibility index (Phi) is 10.4. The van der Waals surface area contributed by atoms with Crippen LogP contribution in [-0.2, 0) is 14.1 Å². The Morgan fingerprint density at radius 3 is 1.90 bits per heavy atom. The molecule has 164 valence electrons. The molecule has 4 aromatic rings. The first-order valence-corrected chi connectivity index (χ1v) is 9.18. The summed E-state index contributed by atoms with van der Waals surface area (Å²) in [4.78, 5) is 28.6. The number of carbonyl (C=O) groups is 2. The number of rotatable bonds is 4. The zero-order valence-electron chi connectivity index (χ0n) is 16.0. The molecule has 0 bridgehead atoms. The summed E-state index contributed by atoms with van der Waals surface area (Å²) >= 11 is 3.13. The van der Waals surface area contributed by atoms with Gasteiger partial charge in [-0.15, -0.1) is 0 Å². The third-order valence-corrected chi connectivity index (χ3v) is 4.05. The summed E-state index contributed by atoms with van der Waals surface area (Å²) in [6.45, 7) is 0. The average molecular weight is 493 g/mol. The minimum atomic E-state index is -1.41. The molecule has 4 aromatic heterocycles. The first-order chi connectivity index (χ1) is 14.3. The maximum atomic E-state index is 10.5. The average Bonchev–Trinajstić information content (AvgIpc) is 3.50. The first kappa shape index (κ1) is 25.8. The normalized spacial score (nSPS) is 9.45. The van der Waals surface area contributed by atoms with Crippen molar-refractivity contribution in [1.29, 1.82) is 0 Å². The molecule has 4 rings (SSSR count). The van der Waals surface area contributed by atoms with E-state index in [1.54, 1.807) is 54.2 Å². The van der Waals surface area contributed by atoms with Crippen LogP contribution in [0.2, 0.25) is 0 Å². The second-order valence-corrected chi connectivity index (χ2v) is 6.62. The van der Waals surface area contributed by atoms with Crippen LogP contribution < -0.4 is 5.46 Å². The van der Waals surface area contributed by atoms with E-state index in [0.717, 1.165) is 17.5 Å². The fraction of sp³-hybridized carbons (Fsp3) is 0.158. The molecule has 0 atom stereocenters. The van der Waals surface area contributed by atoms with E-state index in [0.29, 0.717) is 28.0 Å². The van der Waals surface area contributed by atoms with Gasteiger partial charge in [0.15, 0.2) is 24.2 Å². The number of hydrogen-bond acceptors (Lipinski definition) is 8. The Morgan fingerprint density at radius 1 is 0.968 bits per heavy atom. The van der Waals surface area contributed by atoms with E-state index < -0.39 is 7.12 Å². The van der Waals surface area contributed by atoms with E-state index in [1.807, 2.05) is 0 Å². The van der Waals surface area contributed by atoms with Gasteiger partial charge in [0.2, 0.25) is 0 Å². The van der Waals surface area contributed by atoms with E-state index in [1.165, 1.54) is 18.6 Å². The minimum absolute atomic E-state index is 0. The number of carbonyl (C=O) groups excluding carboxylic acids is 2. The number of furan rings is 2. The molecule has 0 aliphatic carbocycles. The Morgan fingerprint density at radius 2 is 1.55 bits per heavy atom. The van der Waals surface area contributed by atoms with Crippen molar-refractivity contribution in [2.75, 3.05) is 0 Å². The smallest absolute Gasteiger partial charge is 0.473 e. The SMILES string of the molecule is C.Cn1cc(-c2ccoc2)nc1C=O.Cn1cc(Br)nc1C=O.OB(O)c1ccoc1. The second kappa shape index (κ2) is 12.5. The molecule has 2 N–H and O–H groups in total. The van der Waals surface area contributed by atoms with Gasteiger partial charge in [0.05, 0.1) is 30.7 Å². The molecule has 0 aliphatic rings. The number of aldehydes is 2. The standard InChI is InChI=1S/C9H8N2O2.C5H5BrN2O.C4H5BO3.CH4/c1-11-4-8(10-9(11)5-12)7-2-3-13-6-7;1-8-2-4(6)7-5(8)3-9;6-5(7)4-1-2-8-3-4;/h2-6H,1H3;2-3H,1H3;1-3,6-7H;1H4. The van der Waals surface area contributed by atoms with Crippen LogP contribution in [0.1, 0.15) is 28.7 Å². The van der Waals surface area contributed by atoms with Crippen LogP contribution in [0.4, 0.5) is 0 Å². The summed E-state index contributed by atoms with van der Waals surface area (Å²) < 4.78 is 13.5. The fourth-order valence-corrected chi connectivity index (χ4v) is 2.60. The van der Waals surface area contributed by atoms with Crippen LogP contribution in [0.25, 0.3) is 11.3 Å². The van der Waals surface area contributed by atoms with Gasteiger partial charge >= 0.3 is 7.12 Å². The molecule has 4 heterocycles. The van der Waals surface area contributed by atoms with Crippen molar-refractivity contribution in [1.82, 2.24) is 19.1 Å². The third-order valence-electron chi connectivity index (χ3n) is 3.66. The van der Waals surface area contributed by atoms with Crippen molar-refractivity contribution in [3.8, 4) is 11.3 Å². The van der Waals surface area contributed by atoms with E-state index in [-0.39, 0.29) is 7.43 Å². The zero-order chi connectivity index (χ0) is 22.1. The zero-order valence-corrected chi connectivity index (χ0v) is 17.6. The first-order valence-electron chi connectivity index (χ1n) is 8.39. The van der Waals surface area contributed by atoms with Crippen LogP contribution in [0.5, 0.6) is 0 Å². The molecule has 0 aliphatic heterocycles. The lowest BCUT2D eigenvalue weighted by Gasteiger charge is -1.86. The predicted octanol–water partition coefficient (Wildman–Crippen LogP) is 2.08. The van der Waals surface area contributed by atoms with Gasteiger partial charge < -0.3 is 28.0 Å². The molecule has 0 saturated heterocycles. The van der Waals surface area contributed by atoms with Crippen LogP contribution in [0.15, 0.2) is 63.0 Å². The number of halogens is 1. The van der Waals surface area contributed by atoms with Gasteiger partial charge in [0, 0.05) is 37.5 Å². The van der Waals surface area contributed by atoms with Gasteiger partial charge in [0.25, 0.3) is 0 Å². The molecule has 0 saturated carbocycles. The number of aryl methyl sites for hydroxylation is 2. The van der Waals surface area contributed by atoms with Crippen molar-refractivity contribution in [3.05, 3.63) is 65.8 Å². The largest absolute Gasteiger partial charge is 0.491 e. The van der Waals surface area contributed by atoms with E-state index in [2.05, 4.69) is 30.3 Å². The second-order valence-electron chi connectivity index (χ2n) is 5.81. The van der Waals surface area contributed by atoms with Crippen molar-refractivity contribution in [2.24, 2.45) is 14.1 Å². The quantitative estimate of drug-likeness (QED) is 0.326. The molecule has 0 unspecified atom stereocenters. The summed E-state index contributed by atoms with van der Waals surface area (Å²) in [5.74, 6) is 0.845. The van der Waals surface area contributed by atoms with Crippen LogP contribution >= 0.6 is 15.9 Å². The third kappa shape index (κ3) is 7.52. The number of imidazole rings is 2. The lowest BCUT2D eigenvalue weighted by Crippen LogP contribution is -2.27. The predicted molar refractivity (Wildman–Crippen MR) is 118 cm³/mol. The molecular weight excluding hydrogens is 471 g/mol. The van der Waals surface area contributed by atoms with E-state index in [4.69, 9.17) is 14.5 Å². The molecule has 12 heteroatoms. The number of nitrogens with zero attached hydrogens (tertiary/aromatic N) is 4. The molecule has 0 fully saturated rings. The van der Waals surface area contributed by atoms with Gasteiger partial charge in [-0.05, 0) is 28.1 Å². The van der Waals surface area contributed by atoms with Crippen molar-refractivity contribution in [3.63, 3.8) is 0 Å². The van der Waals surface area contributed by atoms with Gasteiger partial charge in [-0.3, -0.25) is 9.59 Å². The maximum absolute atomic E-state index is 10.5. The van der Waals surface area contributed by atoms with Gasteiger partial charge in [-0.1, -0.05) is 7.43 Å². The van der Waals surface area contributed by atoms with E-state index in [9.17, 15) is 9.59 Å². The molecule has 0 amide bonds. The highest BCUT2D eigenvalue weighted by Gasteiger charge is 2.10. The molecule has 0 aromatic carbocycles. The summed E-state index contributed by atoms with van der Waals surface area (Å²) in [5, 5.41) is 16.8. The summed E-state index contributed by atoms with van der Waals surface area (Å²) in [6, 6.07) is 3.29. The van der Waals surface area contributed by atoms with Gasteiger partial charge in [-0.25, -0.2) is 9.97 Å². The molecular formula is C19H22BBrN4O6. The summed E-state index contributed by atoms with van der Waals surface area (Å²) in [5.41, 5.74) is 2.01. The lowest BCUT2D eigenvalue weighted by molar-refractivity contribution is 0.110. The highest BCUT2D eigenvalue weighted by Crippen LogP contribution is 2.17. The van der Waals surface area contributed by atoms with E-state index >= 15 is 0 Å². The van der Waals surface area contributed by atoms with Crippen LogP contribution in [-0.4, -0.2) is 48.8 Å². The molecule has 0 spiro atoms. The molecule has 31 heavy (non-hydrogen) atoms. The highest BCUT2D eigenvalue weighted by atomic mass is 79.9. The lowest BCUT2D eigenvalue weighted by atomic mass is 9.83. The van der Waals surface area contributed by atoms with Gasteiger partial charge in [-0.2, -0.15) is 0 Å². The number of aromatic nitrogens is 4. The van der Waals surface area contributed by atoms with Crippen LogP contribution in [0.3, 0.4) is 0 Å². The van der Waals surface area contributed by atoms with Gasteiger partial charge in [0.1, 0.15) is 4.60 Å². The fourth-order valence-electron chi connectivity index (χ4n) is 2.11. The Balaban J connectivity index is 0.000000238. The topological polar surface area (TPSA) is 137 Å². The molecule has 0 radical (unpaired) electrons. The summed E-state index contributed by atoms with van der Waals surface area (Å²) in [7, 11) is 2.13. The molecule has 10 nitrogen and oxygen atoms in total. The Hall–Kier alpha value is -3.22. The summed E-state index contributed by atoms with van der Waals surface area (Å²) in [6.07, 6.45) is 10.8. The van der Waals surface area contributed by atoms with Crippen molar-refractivity contribution < 1.29 is 28.5 Å². The minimum Gasteiger partial charge on any atom is -0.473 e. The highest BCUT2D eigenvalue weighted by molar-refractivity contribution is 9.10. The van der Waals surface area contributed by atoms with Crippen LogP contribution in [0, 0.1) is 0 Å². The van der Waals surface area contributed by atoms with Crippen molar-refractivity contribution in [2.45, 2.75) is 7.43 Å². The Labute approximate surface area is 187 Å². The number of hydrogen-bond donors (Lipinski definition) is 2. The Bertz CT molecular complexity index is 1060. The van der Waals surface area contributed by atoms with Crippen molar-refractivity contribution >= 4 is 41.1 Å². The monoisotopic (exact) mass is 492 g/mol. The maximum Gasteiger partial charge on any atom is 0.491 e.